The molecule has 2 N–H and O–H groups in total. The van der Waals surface area contributed by atoms with Crippen molar-refractivity contribution >= 4 is 24.0 Å². The number of aromatic nitrogens is 2. The van der Waals surface area contributed by atoms with Gasteiger partial charge >= 0.3 is 0 Å². The highest BCUT2D eigenvalue weighted by Gasteiger charge is 2.14. The normalized spacial score (nSPS) is 14.9. The summed E-state index contributed by atoms with van der Waals surface area (Å²) in [6, 6.07) is 0. The monoisotopic (exact) mass is 186 g/mol. The van der Waals surface area contributed by atoms with Crippen molar-refractivity contribution in [3.8, 4) is 0 Å². The molecule has 0 saturated carbocycles. The van der Waals surface area contributed by atoms with Crippen LogP contribution in [0.5, 0.6) is 0 Å². The van der Waals surface area contributed by atoms with Gasteiger partial charge in [0.15, 0.2) is 4.77 Å². The van der Waals surface area contributed by atoms with Crippen LogP contribution < -0.4 is 5.56 Å². The number of H-pyrrole nitrogens is 2. The second-order valence-corrected chi connectivity index (χ2v) is 3.75. The fourth-order valence-corrected chi connectivity index (χ4v) is 2.37. The number of hydrogen-bond donors (Lipinski definition) is 2. The van der Waals surface area contributed by atoms with Gasteiger partial charge in [-0.25, -0.2) is 0 Å². The third-order valence-electron chi connectivity index (χ3n) is 1.62. The summed E-state index contributed by atoms with van der Waals surface area (Å²) >= 11 is 6.55. The SMILES string of the molecule is O=c1[nH]c(=S)[nH]c2c1CSC2. The number of thioether (sulfide) groups is 1. The quantitative estimate of drug-likeness (QED) is 0.598. The van der Waals surface area contributed by atoms with Gasteiger partial charge in [-0.3, -0.25) is 9.78 Å². The van der Waals surface area contributed by atoms with E-state index in [0.717, 1.165) is 22.8 Å². The van der Waals surface area contributed by atoms with Crippen LogP contribution >= 0.6 is 24.0 Å². The molecule has 2 rings (SSSR count). The molecule has 1 aliphatic rings. The Hall–Kier alpha value is -0.550. The molecule has 1 aromatic rings. The first-order chi connectivity index (χ1) is 5.27. The molecule has 0 aliphatic carbocycles. The fourth-order valence-electron chi connectivity index (χ4n) is 1.09. The molecular weight excluding hydrogens is 180 g/mol. The smallest absolute Gasteiger partial charge is 0.255 e. The molecule has 3 nitrogen and oxygen atoms in total. The highest BCUT2D eigenvalue weighted by Crippen LogP contribution is 2.24. The first-order valence-corrected chi connectivity index (χ1v) is 4.76. The Kier molecular flexibility index (Phi) is 1.61. The van der Waals surface area contributed by atoms with E-state index in [1.54, 1.807) is 11.8 Å². The predicted octanol–water partition coefficient (Wildman–Crippen LogP) is 1.18. The highest BCUT2D eigenvalue weighted by molar-refractivity contribution is 7.98. The summed E-state index contributed by atoms with van der Waals surface area (Å²) in [7, 11) is 0. The van der Waals surface area contributed by atoms with E-state index in [1.807, 2.05) is 0 Å². The predicted molar refractivity (Wildman–Crippen MR) is 47.2 cm³/mol. The molecule has 0 radical (unpaired) electrons. The Morgan fingerprint density at radius 1 is 1.36 bits per heavy atom. The summed E-state index contributed by atoms with van der Waals surface area (Å²) in [5.41, 5.74) is 1.81. The molecule has 0 unspecified atom stereocenters. The van der Waals surface area contributed by atoms with Gasteiger partial charge in [0.25, 0.3) is 5.56 Å². The van der Waals surface area contributed by atoms with Crippen LogP contribution in [-0.2, 0) is 11.5 Å². The second-order valence-electron chi connectivity index (χ2n) is 2.36. The van der Waals surface area contributed by atoms with Gasteiger partial charge in [0.2, 0.25) is 0 Å². The molecule has 1 aromatic heterocycles. The van der Waals surface area contributed by atoms with Gasteiger partial charge in [-0.2, -0.15) is 11.8 Å². The Balaban J connectivity index is 2.80. The minimum atomic E-state index is -0.0336. The van der Waals surface area contributed by atoms with Crippen LogP contribution in [0.2, 0.25) is 0 Å². The zero-order valence-electron chi connectivity index (χ0n) is 5.64. The van der Waals surface area contributed by atoms with Gasteiger partial charge in [-0.05, 0) is 12.2 Å². The molecule has 11 heavy (non-hydrogen) atoms. The van der Waals surface area contributed by atoms with Gasteiger partial charge in [0.05, 0.1) is 0 Å². The van der Waals surface area contributed by atoms with Gasteiger partial charge in [-0.1, -0.05) is 0 Å². The van der Waals surface area contributed by atoms with Crippen LogP contribution in [0.4, 0.5) is 0 Å². The van der Waals surface area contributed by atoms with Crippen molar-refractivity contribution in [1.82, 2.24) is 9.97 Å². The number of hydrogen-bond acceptors (Lipinski definition) is 3. The lowest BCUT2D eigenvalue weighted by Gasteiger charge is -1.94. The average Bonchev–Trinajstić information content (AvgIpc) is 2.34. The lowest BCUT2D eigenvalue weighted by Crippen LogP contribution is -2.13. The molecule has 0 bridgehead atoms. The summed E-state index contributed by atoms with van der Waals surface area (Å²) < 4.78 is 0.427. The first-order valence-electron chi connectivity index (χ1n) is 3.19. The van der Waals surface area contributed by atoms with Crippen molar-refractivity contribution in [3.63, 3.8) is 0 Å². The van der Waals surface area contributed by atoms with Gasteiger partial charge in [0.1, 0.15) is 0 Å². The van der Waals surface area contributed by atoms with Crippen molar-refractivity contribution in [2.45, 2.75) is 11.5 Å². The number of fused-ring (bicyclic) bond motifs is 1. The number of rotatable bonds is 0. The highest BCUT2D eigenvalue weighted by atomic mass is 32.2. The molecule has 0 amide bonds. The Morgan fingerprint density at radius 3 is 3.00 bits per heavy atom. The van der Waals surface area contributed by atoms with Crippen LogP contribution in [0.1, 0.15) is 11.3 Å². The maximum atomic E-state index is 11.2. The van der Waals surface area contributed by atoms with Crippen molar-refractivity contribution in [2.75, 3.05) is 0 Å². The lowest BCUT2D eigenvalue weighted by atomic mass is 10.3. The van der Waals surface area contributed by atoms with Crippen molar-refractivity contribution in [1.29, 1.82) is 0 Å². The Morgan fingerprint density at radius 2 is 2.18 bits per heavy atom. The zero-order chi connectivity index (χ0) is 7.84. The van der Waals surface area contributed by atoms with E-state index in [1.165, 1.54) is 0 Å². The van der Waals surface area contributed by atoms with E-state index in [9.17, 15) is 4.79 Å². The maximum absolute atomic E-state index is 11.2. The molecule has 2 heterocycles. The second kappa shape index (κ2) is 2.49. The third-order valence-corrected chi connectivity index (χ3v) is 2.81. The first kappa shape index (κ1) is 7.12. The maximum Gasteiger partial charge on any atom is 0.255 e. The van der Waals surface area contributed by atoms with E-state index in [4.69, 9.17) is 12.2 Å². The number of nitrogens with one attached hydrogen (secondary N) is 2. The zero-order valence-corrected chi connectivity index (χ0v) is 7.27. The van der Waals surface area contributed by atoms with Gasteiger partial charge in [-0.15, -0.1) is 0 Å². The van der Waals surface area contributed by atoms with Crippen LogP contribution in [0.15, 0.2) is 4.79 Å². The summed E-state index contributed by atoms with van der Waals surface area (Å²) in [6.45, 7) is 0. The molecule has 0 aromatic carbocycles. The van der Waals surface area contributed by atoms with E-state index in [2.05, 4.69) is 9.97 Å². The fraction of sp³-hybridized carbons (Fsp3) is 0.333. The van der Waals surface area contributed by atoms with Crippen molar-refractivity contribution in [2.24, 2.45) is 0 Å². The van der Waals surface area contributed by atoms with Crippen molar-refractivity contribution < 1.29 is 0 Å². The lowest BCUT2D eigenvalue weighted by molar-refractivity contribution is 1.00. The molecular formula is C6H6N2OS2. The van der Waals surface area contributed by atoms with Crippen LogP contribution in [0, 0.1) is 4.77 Å². The van der Waals surface area contributed by atoms with Gasteiger partial charge < -0.3 is 4.98 Å². The summed E-state index contributed by atoms with van der Waals surface area (Å²) in [4.78, 5) is 16.7. The molecule has 1 aliphatic heterocycles. The van der Waals surface area contributed by atoms with Gasteiger partial charge in [0, 0.05) is 22.8 Å². The van der Waals surface area contributed by atoms with Crippen molar-refractivity contribution in [3.05, 3.63) is 26.4 Å². The average molecular weight is 186 g/mol. The minimum Gasteiger partial charge on any atom is -0.335 e. The van der Waals surface area contributed by atoms with E-state index < -0.39 is 0 Å². The van der Waals surface area contributed by atoms with E-state index in [-0.39, 0.29) is 5.56 Å². The molecule has 0 spiro atoms. The third kappa shape index (κ3) is 1.14. The largest absolute Gasteiger partial charge is 0.335 e. The standard InChI is InChI=1S/C6H6N2OS2/c9-5-3-1-11-2-4(3)7-6(10)8-5/h1-2H2,(H2,7,8,9,10). The van der Waals surface area contributed by atoms with E-state index >= 15 is 0 Å². The molecule has 0 fully saturated rings. The van der Waals surface area contributed by atoms with Crippen LogP contribution in [0.3, 0.4) is 0 Å². The summed E-state index contributed by atoms with van der Waals surface area (Å²) in [5, 5.41) is 0. The molecule has 58 valence electrons. The van der Waals surface area contributed by atoms with Crippen LogP contribution in [0.25, 0.3) is 0 Å². The summed E-state index contributed by atoms with van der Waals surface area (Å²) in [6.07, 6.45) is 0. The molecule has 0 atom stereocenters. The van der Waals surface area contributed by atoms with E-state index in [0.29, 0.717) is 4.77 Å². The minimum absolute atomic E-state index is 0.0336. The number of aromatic amines is 2. The van der Waals surface area contributed by atoms with Crippen LogP contribution in [-0.4, -0.2) is 9.97 Å². The molecule has 5 heteroatoms. The molecule has 0 saturated heterocycles. The Bertz CT molecular complexity index is 392. The summed E-state index contributed by atoms with van der Waals surface area (Å²) in [5.74, 6) is 1.68. The Labute approximate surface area is 72.2 Å². The topological polar surface area (TPSA) is 48.6 Å².